The molecule has 0 saturated heterocycles. The van der Waals surface area contributed by atoms with Crippen molar-refractivity contribution in [2.45, 2.75) is 33.2 Å². The second-order valence-electron chi connectivity index (χ2n) is 5.01. The Kier molecular flexibility index (Phi) is 5.39. The van der Waals surface area contributed by atoms with E-state index in [0.717, 1.165) is 24.2 Å². The first-order chi connectivity index (χ1) is 10.2. The Bertz CT molecular complexity index is 593. The van der Waals surface area contributed by atoms with E-state index >= 15 is 0 Å². The highest BCUT2D eigenvalue weighted by atomic mass is 32.1. The molecule has 1 aromatic heterocycles. The van der Waals surface area contributed by atoms with E-state index in [-0.39, 0.29) is 11.9 Å². The van der Waals surface area contributed by atoms with Gasteiger partial charge >= 0.3 is 0 Å². The monoisotopic (exact) mass is 302 g/mol. The molecular weight excluding hydrogens is 280 g/mol. The second-order valence-corrected chi connectivity index (χ2v) is 5.99. The van der Waals surface area contributed by atoms with Crippen molar-refractivity contribution in [2.75, 3.05) is 11.9 Å². The molecule has 21 heavy (non-hydrogen) atoms. The van der Waals surface area contributed by atoms with E-state index in [0.29, 0.717) is 5.56 Å². The Hall–Kier alpha value is -1.81. The predicted octanol–water partition coefficient (Wildman–Crippen LogP) is 4.37. The summed E-state index contributed by atoms with van der Waals surface area (Å²) < 4.78 is 0. The Morgan fingerprint density at radius 1 is 1.29 bits per heavy atom. The predicted molar refractivity (Wildman–Crippen MR) is 90.2 cm³/mol. The SMILES string of the molecule is CCNc1ccc(C(=O)NC(CC)c2cccs2)cc1C. The molecule has 0 bridgehead atoms. The first-order valence-corrected chi connectivity index (χ1v) is 8.22. The molecule has 2 aromatic rings. The summed E-state index contributed by atoms with van der Waals surface area (Å²) in [6, 6.07) is 9.96. The summed E-state index contributed by atoms with van der Waals surface area (Å²) in [5, 5.41) is 8.44. The highest BCUT2D eigenvalue weighted by Gasteiger charge is 2.15. The van der Waals surface area contributed by atoms with Crippen LogP contribution in [0.4, 0.5) is 5.69 Å². The first-order valence-electron chi connectivity index (χ1n) is 7.34. The van der Waals surface area contributed by atoms with Crippen LogP contribution in [0.5, 0.6) is 0 Å². The zero-order valence-electron chi connectivity index (χ0n) is 12.8. The molecule has 3 nitrogen and oxygen atoms in total. The van der Waals surface area contributed by atoms with Gasteiger partial charge in [-0.3, -0.25) is 4.79 Å². The van der Waals surface area contributed by atoms with E-state index in [1.165, 1.54) is 4.88 Å². The third-order valence-electron chi connectivity index (χ3n) is 3.46. The highest BCUT2D eigenvalue weighted by molar-refractivity contribution is 7.10. The van der Waals surface area contributed by atoms with Gasteiger partial charge in [0.1, 0.15) is 0 Å². The first kappa shape index (κ1) is 15.6. The number of hydrogen-bond donors (Lipinski definition) is 2. The van der Waals surface area contributed by atoms with Crippen molar-refractivity contribution in [3.05, 3.63) is 51.7 Å². The molecule has 1 amide bonds. The lowest BCUT2D eigenvalue weighted by molar-refractivity contribution is 0.0936. The number of nitrogens with one attached hydrogen (secondary N) is 2. The Morgan fingerprint density at radius 3 is 2.67 bits per heavy atom. The van der Waals surface area contributed by atoms with Gasteiger partial charge in [0.05, 0.1) is 6.04 Å². The molecule has 0 aliphatic heterocycles. The molecule has 2 rings (SSSR count). The van der Waals surface area contributed by atoms with E-state index < -0.39 is 0 Å². The molecule has 2 N–H and O–H groups in total. The average Bonchev–Trinajstić information content (AvgIpc) is 3.01. The third-order valence-corrected chi connectivity index (χ3v) is 4.44. The Balaban J connectivity index is 2.11. The minimum atomic E-state index is -0.0126. The fourth-order valence-corrected chi connectivity index (χ4v) is 3.16. The molecule has 1 atom stereocenters. The van der Waals surface area contributed by atoms with Gasteiger partial charge in [-0.15, -0.1) is 11.3 Å². The van der Waals surface area contributed by atoms with Crippen LogP contribution in [0.15, 0.2) is 35.7 Å². The summed E-state index contributed by atoms with van der Waals surface area (Å²) >= 11 is 1.68. The smallest absolute Gasteiger partial charge is 0.251 e. The maximum Gasteiger partial charge on any atom is 0.251 e. The molecule has 0 fully saturated rings. The fourth-order valence-electron chi connectivity index (χ4n) is 2.30. The standard InChI is InChI=1S/C17H22N2OS/c1-4-14(16-7-6-10-21-16)19-17(20)13-8-9-15(18-5-2)12(3)11-13/h6-11,14,18H,4-5H2,1-3H3,(H,19,20). The quantitative estimate of drug-likeness (QED) is 0.832. The van der Waals surface area contributed by atoms with Crippen LogP contribution in [0.3, 0.4) is 0 Å². The molecule has 1 unspecified atom stereocenters. The van der Waals surface area contributed by atoms with Gasteiger partial charge < -0.3 is 10.6 Å². The van der Waals surface area contributed by atoms with Gasteiger partial charge in [0, 0.05) is 22.7 Å². The highest BCUT2D eigenvalue weighted by Crippen LogP contribution is 2.23. The minimum absolute atomic E-state index is 0.0126. The van der Waals surface area contributed by atoms with Crippen molar-refractivity contribution in [1.82, 2.24) is 5.32 Å². The van der Waals surface area contributed by atoms with E-state index in [2.05, 4.69) is 30.5 Å². The molecule has 4 heteroatoms. The third kappa shape index (κ3) is 3.85. The minimum Gasteiger partial charge on any atom is -0.385 e. The lowest BCUT2D eigenvalue weighted by Crippen LogP contribution is -2.27. The number of amides is 1. The van der Waals surface area contributed by atoms with Gasteiger partial charge in [-0.05, 0) is 55.5 Å². The van der Waals surface area contributed by atoms with Crippen molar-refractivity contribution >= 4 is 22.9 Å². The van der Waals surface area contributed by atoms with Crippen LogP contribution in [-0.4, -0.2) is 12.5 Å². The van der Waals surface area contributed by atoms with Crippen LogP contribution >= 0.6 is 11.3 Å². The van der Waals surface area contributed by atoms with Crippen molar-refractivity contribution < 1.29 is 4.79 Å². The molecule has 0 spiro atoms. The van der Waals surface area contributed by atoms with E-state index in [9.17, 15) is 4.79 Å². The number of benzene rings is 1. The molecule has 112 valence electrons. The maximum absolute atomic E-state index is 12.4. The number of rotatable bonds is 6. The number of carbonyl (C=O) groups is 1. The summed E-state index contributed by atoms with van der Waals surface area (Å²) in [4.78, 5) is 13.6. The van der Waals surface area contributed by atoms with Crippen LogP contribution in [-0.2, 0) is 0 Å². The lowest BCUT2D eigenvalue weighted by atomic mass is 10.1. The van der Waals surface area contributed by atoms with E-state index in [4.69, 9.17) is 0 Å². The van der Waals surface area contributed by atoms with Gasteiger partial charge in [-0.1, -0.05) is 13.0 Å². The number of anilines is 1. The number of aryl methyl sites for hydroxylation is 1. The topological polar surface area (TPSA) is 41.1 Å². The van der Waals surface area contributed by atoms with Gasteiger partial charge in [0.2, 0.25) is 0 Å². The van der Waals surface area contributed by atoms with E-state index in [1.54, 1.807) is 11.3 Å². The number of thiophene rings is 1. The van der Waals surface area contributed by atoms with Crippen molar-refractivity contribution in [2.24, 2.45) is 0 Å². The van der Waals surface area contributed by atoms with Crippen LogP contribution in [0.1, 0.15) is 47.1 Å². The molecule has 0 aliphatic rings. The summed E-state index contributed by atoms with van der Waals surface area (Å²) in [6.45, 7) is 7.05. The number of hydrogen-bond acceptors (Lipinski definition) is 3. The largest absolute Gasteiger partial charge is 0.385 e. The average molecular weight is 302 g/mol. The summed E-state index contributed by atoms with van der Waals surface area (Å²) in [6.07, 6.45) is 0.890. The Labute approximate surface area is 130 Å². The van der Waals surface area contributed by atoms with Crippen LogP contribution in [0.25, 0.3) is 0 Å². The summed E-state index contributed by atoms with van der Waals surface area (Å²) in [7, 11) is 0. The van der Waals surface area contributed by atoms with Crippen LogP contribution < -0.4 is 10.6 Å². The molecule has 1 aromatic carbocycles. The number of carbonyl (C=O) groups excluding carboxylic acids is 1. The zero-order valence-corrected chi connectivity index (χ0v) is 13.6. The zero-order chi connectivity index (χ0) is 15.2. The summed E-state index contributed by atoms with van der Waals surface area (Å²) in [5.41, 5.74) is 2.89. The Morgan fingerprint density at radius 2 is 2.10 bits per heavy atom. The molecule has 0 saturated carbocycles. The molecule has 1 heterocycles. The van der Waals surface area contributed by atoms with Gasteiger partial charge in [0.15, 0.2) is 0 Å². The van der Waals surface area contributed by atoms with Crippen molar-refractivity contribution in [1.29, 1.82) is 0 Å². The van der Waals surface area contributed by atoms with Gasteiger partial charge in [-0.25, -0.2) is 0 Å². The lowest BCUT2D eigenvalue weighted by Gasteiger charge is -2.16. The van der Waals surface area contributed by atoms with E-state index in [1.807, 2.05) is 36.6 Å². The second kappa shape index (κ2) is 7.27. The van der Waals surface area contributed by atoms with Gasteiger partial charge in [-0.2, -0.15) is 0 Å². The van der Waals surface area contributed by atoms with Crippen LogP contribution in [0.2, 0.25) is 0 Å². The maximum atomic E-state index is 12.4. The fraction of sp³-hybridized carbons (Fsp3) is 0.353. The van der Waals surface area contributed by atoms with Gasteiger partial charge in [0.25, 0.3) is 5.91 Å². The van der Waals surface area contributed by atoms with Crippen LogP contribution in [0, 0.1) is 6.92 Å². The summed E-state index contributed by atoms with van der Waals surface area (Å²) in [5.74, 6) is -0.0126. The van der Waals surface area contributed by atoms with Crippen molar-refractivity contribution in [3.63, 3.8) is 0 Å². The molecule has 0 radical (unpaired) electrons. The molecule has 0 aliphatic carbocycles. The van der Waals surface area contributed by atoms with Crippen molar-refractivity contribution in [3.8, 4) is 0 Å². The normalized spacial score (nSPS) is 12.0. The molecular formula is C17H22N2OS.